The Morgan fingerprint density at radius 2 is 2.15 bits per heavy atom. The fourth-order valence-corrected chi connectivity index (χ4v) is 1.63. The van der Waals surface area contributed by atoms with Crippen LogP contribution >= 0.6 is 11.6 Å². The Labute approximate surface area is 78.8 Å². The van der Waals surface area contributed by atoms with Crippen molar-refractivity contribution in [1.82, 2.24) is 5.32 Å². The molecule has 0 radical (unpaired) electrons. The highest BCUT2D eigenvalue weighted by atomic mass is 35.5. The Morgan fingerprint density at radius 1 is 1.46 bits per heavy atom. The van der Waals surface area contributed by atoms with Crippen LogP contribution in [0.2, 0.25) is 5.02 Å². The maximum atomic E-state index is 11.2. The molecule has 4 nitrogen and oxygen atoms in total. The number of fused-ring (bicyclic) bond motifs is 1. The van der Waals surface area contributed by atoms with Gasteiger partial charge < -0.3 is 15.5 Å². The van der Waals surface area contributed by atoms with Gasteiger partial charge in [0, 0.05) is 6.54 Å². The average molecular weight is 200 g/mol. The van der Waals surface area contributed by atoms with Gasteiger partial charge in [-0.2, -0.15) is 0 Å². The lowest BCUT2D eigenvalue weighted by molar-refractivity contribution is 0.0965. The van der Waals surface area contributed by atoms with Crippen LogP contribution in [0.3, 0.4) is 0 Å². The number of aromatic hydroxyl groups is 2. The molecule has 0 bridgehead atoms. The molecule has 1 heterocycles. The van der Waals surface area contributed by atoms with Crippen LogP contribution in [0.15, 0.2) is 6.07 Å². The molecule has 1 aromatic carbocycles. The number of halogens is 1. The quantitative estimate of drug-likeness (QED) is 0.546. The van der Waals surface area contributed by atoms with Crippen molar-refractivity contribution in [3.63, 3.8) is 0 Å². The Kier molecular flexibility index (Phi) is 1.60. The fraction of sp³-hybridized carbons (Fsp3) is 0.125. The first-order valence-electron chi connectivity index (χ1n) is 3.62. The van der Waals surface area contributed by atoms with Gasteiger partial charge in [0.05, 0.1) is 10.6 Å². The second-order valence-corrected chi connectivity index (χ2v) is 3.15. The van der Waals surface area contributed by atoms with Crippen LogP contribution in [0.25, 0.3) is 0 Å². The van der Waals surface area contributed by atoms with Gasteiger partial charge in [0.15, 0.2) is 11.5 Å². The van der Waals surface area contributed by atoms with E-state index in [1.165, 1.54) is 6.07 Å². The molecular weight excluding hydrogens is 194 g/mol. The lowest BCUT2D eigenvalue weighted by Crippen LogP contribution is -2.12. The fourth-order valence-electron chi connectivity index (χ4n) is 1.33. The van der Waals surface area contributed by atoms with Crippen molar-refractivity contribution < 1.29 is 15.0 Å². The number of phenolic OH excluding ortho intramolecular Hbond substituents is 2. The highest BCUT2D eigenvalue weighted by Gasteiger charge is 2.25. The number of carbonyl (C=O) groups excluding carboxylic acids is 1. The van der Waals surface area contributed by atoms with Crippen LogP contribution in [-0.4, -0.2) is 16.1 Å². The molecule has 0 atom stereocenters. The SMILES string of the molecule is O=C1NCc2cc(O)c(O)c(Cl)c21. The summed E-state index contributed by atoms with van der Waals surface area (Å²) in [6.45, 7) is 0.335. The van der Waals surface area contributed by atoms with Gasteiger partial charge in [-0.1, -0.05) is 11.6 Å². The second-order valence-electron chi connectivity index (χ2n) is 2.78. The third-order valence-corrected chi connectivity index (χ3v) is 2.34. The molecular formula is C8H6ClNO3. The highest BCUT2D eigenvalue weighted by Crippen LogP contribution is 2.39. The summed E-state index contributed by atoms with van der Waals surface area (Å²) in [7, 11) is 0. The van der Waals surface area contributed by atoms with Gasteiger partial charge in [-0.25, -0.2) is 0 Å². The van der Waals surface area contributed by atoms with E-state index in [0.29, 0.717) is 12.1 Å². The van der Waals surface area contributed by atoms with Crippen molar-refractivity contribution in [1.29, 1.82) is 0 Å². The third-order valence-electron chi connectivity index (χ3n) is 1.97. The Morgan fingerprint density at radius 3 is 2.85 bits per heavy atom. The van der Waals surface area contributed by atoms with Crippen LogP contribution in [0.4, 0.5) is 0 Å². The number of phenols is 2. The summed E-state index contributed by atoms with van der Waals surface area (Å²) >= 11 is 5.67. The Balaban J connectivity index is 2.75. The van der Waals surface area contributed by atoms with E-state index < -0.39 is 5.75 Å². The van der Waals surface area contributed by atoms with Gasteiger partial charge in [-0.05, 0) is 11.6 Å². The topological polar surface area (TPSA) is 69.6 Å². The standard InChI is InChI=1S/C8H6ClNO3/c9-6-5-3(2-10-8(5)13)1-4(11)7(6)12/h1,11-12H,2H2,(H,10,13). The van der Waals surface area contributed by atoms with E-state index in [-0.39, 0.29) is 22.2 Å². The van der Waals surface area contributed by atoms with Crippen LogP contribution in [-0.2, 0) is 6.54 Å². The zero-order valence-electron chi connectivity index (χ0n) is 6.47. The minimum atomic E-state index is -0.447. The van der Waals surface area contributed by atoms with E-state index in [9.17, 15) is 15.0 Å². The van der Waals surface area contributed by atoms with Crippen LogP contribution < -0.4 is 5.32 Å². The molecule has 2 rings (SSSR count). The van der Waals surface area contributed by atoms with Crippen molar-refractivity contribution in [3.8, 4) is 11.5 Å². The summed E-state index contributed by atoms with van der Waals surface area (Å²) in [5.41, 5.74) is 0.849. The van der Waals surface area contributed by atoms with Gasteiger partial charge in [0.1, 0.15) is 0 Å². The minimum Gasteiger partial charge on any atom is -0.504 e. The van der Waals surface area contributed by atoms with Gasteiger partial charge in [0.25, 0.3) is 5.91 Å². The molecule has 1 amide bonds. The van der Waals surface area contributed by atoms with Crippen LogP contribution in [0.5, 0.6) is 11.5 Å². The molecule has 68 valence electrons. The van der Waals surface area contributed by atoms with Crippen molar-refractivity contribution in [2.45, 2.75) is 6.54 Å². The van der Waals surface area contributed by atoms with E-state index in [1.807, 2.05) is 0 Å². The molecule has 0 unspecified atom stereocenters. The molecule has 0 saturated heterocycles. The van der Waals surface area contributed by atoms with Crippen molar-refractivity contribution >= 4 is 17.5 Å². The molecule has 0 aliphatic carbocycles. The summed E-state index contributed by atoms with van der Waals surface area (Å²) in [6.07, 6.45) is 0. The number of hydrogen-bond acceptors (Lipinski definition) is 3. The van der Waals surface area contributed by atoms with Gasteiger partial charge in [0.2, 0.25) is 0 Å². The minimum absolute atomic E-state index is 0.0926. The highest BCUT2D eigenvalue weighted by molar-refractivity contribution is 6.36. The summed E-state index contributed by atoms with van der Waals surface area (Å²) in [5, 5.41) is 20.8. The Hall–Kier alpha value is -1.42. The van der Waals surface area contributed by atoms with Gasteiger partial charge in [-0.3, -0.25) is 4.79 Å². The monoisotopic (exact) mass is 199 g/mol. The number of benzene rings is 1. The van der Waals surface area contributed by atoms with Crippen molar-refractivity contribution in [2.24, 2.45) is 0 Å². The van der Waals surface area contributed by atoms with E-state index in [2.05, 4.69) is 5.32 Å². The maximum absolute atomic E-state index is 11.2. The first-order valence-corrected chi connectivity index (χ1v) is 4.00. The molecule has 3 N–H and O–H groups in total. The lowest BCUT2D eigenvalue weighted by Gasteiger charge is -2.03. The summed E-state index contributed by atoms with van der Waals surface area (Å²) < 4.78 is 0. The van der Waals surface area contributed by atoms with Crippen LogP contribution in [0.1, 0.15) is 15.9 Å². The molecule has 0 aromatic heterocycles. The van der Waals surface area contributed by atoms with E-state index >= 15 is 0 Å². The number of carbonyl (C=O) groups is 1. The molecule has 1 aliphatic rings. The normalized spacial score (nSPS) is 14.1. The van der Waals surface area contributed by atoms with Crippen LogP contribution in [0, 0.1) is 0 Å². The third kappa shape index (κ3) is 1.02. The van der Waals surface area contributed by atoms with Crippen molar-refractivity contribution in [2.75, 3.05) is 0 Å². The van der Waals surface area contributed by atoms with E-state index in [4.69, 9.17) is 11.6 Å². The molecule has 1 aromatic rings. The zero-order chi connectivity index (χ0) is 9.59. The molecule has 1 aliphatic heterocycles. The number of hydrogen-bond donors (Lipinski definition) is 3. The summed E-state index contributed by atoms with van der Waals surface area (Å²) in [5.74, 6) is -1.08. The van der Waals surface area contributed by atoms with E-state index in [0.717, 1.165) is 0 Å². The molecule has 0 saturated carbocycles. The average Bonchev–Trinajstić information content (AvgIpc) is 2.43. The molecule has 0 fully saturated rings. The van der Waals surface area contributed by atoms with Gasteiger partial charge >= 0.3 is 0 Å². The smallest absolute Gasteiger partial charge is 0.253 e. The molecule has 13 heavy (non-hydrogen) atoms. The van der Waals surface area contributed by atoms with Gasteiger partial charge in [-0.15, -0.1) is 0 Å². The lowest BCUT2D eigenvalue weighted by atomic mass is 10.1. The summed E-state index contributed by atoms with van der Waals surface area (Å²) in [6, 6.07) is 1.33. The Bertz CT molecular complexity index is 403. The molecule has 0 spiro atoms. The number of nitrogens with one attached hydrogen (secondary N) is 1. The van der Waals surface area contributed by atoms with E-state index in [1.54, 1.807) is 0 Å². The number of rotatable bonds is 0. The predicted octanol–water partition coefficient (Wildman–Crippen LogP) is 0.995. The molecule has 5 heteroatoms. The first-order chi connectivity index (χ1) is 6.11. The maximum Gasteiger partial charge on any atom is 0.253 e. The first kappa shape index (κ1) is 8.19. The summed E-state index contributed by atoms with van der Waals surface area (Å²) in [4.78, 5) is 11.2. The number of amides is 1. The van der Waals surface area contributed by atoms with Crippen molar-refractivity contribution in [3.05, 3.63) is 22.2 Å². The predicted molar refractivity (Wildman–Crippen MR) is 46.0 cm³/mol. The zero-order valence-corrected chi connectivity index (χ0v) is 7.22. The second kappa shape index (κ2) is 2.53. The largest absolute Gasteiger partial charge is 0.504 e.